The van der Waals surface area contributed by atoms with Crippen molar-refractivity contribution in [2.24, 2.45) is 0 Å². The number of hydrogen-bond acceptors (Lipinski definition) is 5. The molecule has 0 saturated heterocycles. The van der Waals surface area contributed by atoms with E-state index in [0.717, 1.165) is 16.9 Å². The van der Waals surface area contributed by atoms with Gasteiger partial charge >= 0.3 is 0 Å². The van der Waals surface area contributed by atoms with E-state index < -0.39 is 0 Å². The van der Waals surface area contributed by atoms with Gasteiger partial charge in [-0.15, -0.1) is 11.3 Å². The third-order valence-corrected chi connectivity index (χ3v) is 4.73. The fourth-order valence-electron chi connectivity index (χ4n) is 2.36. The zero-order chi connectivity index (χ0) is 17.1. The number of nitrogens with zero attached hydrogens (tertiary/aromatic N) is 2. The number of nitrogens with one attached hydrogen (secondary N) is 1. The van der Waals surface area contributed by atoms with E-state index in [4.69, 9.17) is 16.1 Å². The number of rotatable bonds is 5. The topological polar surface area (TPSA) is 68.0 Å². The Morgan fingerprint density at radius 2 is 2.08 bits per heavy atom. The molecule has 1 N–H and O–H groups in total. The monoisotopic (exact) mass is 361 g/mol. The first-order valence-electron chi connectivity index (χ1n) is 7.52. The minimum atomic E-state index is -0.238. The lowest BCUT2D eigenvalue weighted by Gasteiger charge is -2.01. The summed E-state index contributed by atoms with van der Waals surface area (Å²) in [4.78, 5) is 17.8. The van der Waals surface area contributed by atoms with Crippen LogP contribution in [-0.2, 0) is 12.8 Å². The largest absolute Gasteiger partial charge is 0.361 e. The third-order valence-electron chi connectivity index (χ3n) is 3.56. The number of anilines is 1. The maximum absolute atomic E-state index is 12.4. The van der Waals surface area contributed by atoms with E-state index in [1.54, 1.807) is 13.1 Å². The Kier molecular flexibility index (Phi) is 4.97. The molecule has 0 aliphatic rings. The van der Waals surface area contributed by atoms with Crippen LogP contribution in [0.2, 0.25) is 5.02 Å². The van der Waals surface area contributed by atoms with Gasteiger partial charge in [0, 0.05) is 22.5 Å². The highest BCUT2D eigenvalue weighted by molar-refractivity contribution is 7.15. The van der Waals surface area contributed by atoms with E-state index in [-0.39, 0.29) is 5.91 Å². The van der Waals surface area contributed by atoms with Gasteiger partial charge in [0.05, 0.1) is 5.69 Å². The van der Waals surface area contributed by atoms with Crippen LogP contribution in [0.25, 0.3) is 0 Å². The van der Waals surface area contributed by atoms with Crippen molar-refractivity contribution in [2.75, 3.05) is 5.32 Å². The summed E-state index contributed by atoms with van der Waals surface area (Å²) in [5, 5.41) is 8.00. The van der Waals surface area contributed by atoms with Crippen molar-refractivity contribution in [3.8, 4) is 0 Å². The first-order valence-corrected chi connectivity index (χ1v) is 8.72. The summed E-state index contributed by atoms with van der Waals surface area (Å²) in [6.07, 6.45) is 3.16. The average Bonchev–Trinajstić information content (AvgIpc) is 3.15. The second-order valence-corrected chi connectivity index (χ2v) is 6.85. The molecule has 0 atom stereocenters. The first kappa shape index (κ1) is 16.7. The van der Waals surface area contributed by atoms with Gasteiger partial charge in [-0.2, -0.15) is 0 Å². The van der Waals surface area contributed by atoms with E-state index in [1.807, 2.05) is 31.2 Å². The van der Waals surface area contributed by atoms with E-state index >= 15 is 0 Å². The highest BCUT2D eigenvalue weighted by atomic mass is 35.5. The molecular formula is C17H16ClN3O2S. The third kappa shape index (κ3) is 3.66. The van der Waals surface area contributed by atoms with Crippen LogP contribution in [0.3, 0.4) is 0 Å². The standard InChI is InChI=1S/C17H16ClN3O2S/c1-3-14-15(10(2)23-21-14)16(22)20-17-19-9-13(24-17)8-11-4-6-12(18)7-5-11/h4-7,9H,3,8H2,1-2H3,(H,19,20,22). The Balaban J connectivity index is 1.70. The second kappa shape index (κ2) is 7.15. The molecule has 0 aliphatic heterocycles. The minimum absolute atomic E-state index is 0.238. The molecule has 2 heterocycles. The number of carbonyl (C=O) groups excluding carboxylic acids is 1. The summed E-state index contributed by atoms with van der Waals surface area (Å²) in [6, 6.07) is 7.69. The summed E-state index contributed by atoms with van der Waals surface area (Å²) < 4.78 is 5.10. The SMILES string of the molecule is CCc1noc(C)c1C(=O)Nc1ncc(Cc2ccc(Cl)cc2)s1. The van der Waals surface area contributed by atoms with Gasteiger partial charge in [0.15, 0.2) is 5.13 Å². The summed E-state index contributed by atoms with van der Waals surface area (Å²) in [7, 11) is 0. The highest BCUT2D eigenvalue weighted by Gasteiger charge is 2.20. The number of hydrogen-bond donors (Lipinski definition) is 1. The predicted octanol–water partition coefficient (Wildman–Crippen LogP) is 4.50. The smallest absolute Gasteiger partial charge is 0.262 e. The Hall–Kier alpha value is -2.18. The van der Waals surface area contributed by atoms with Crippen molar-refractivity contribution in [3.63, 3.8) is 0 Å². The normalized spacial score (nSPS) is 10.8. The fraction of sp³-hybridized carbons (Fsp3) is 0.235. The van der Waals surface area contributed by atoms with Gasteiger partial charge in [-0.05, 0) is 31.0 Å². The number of carbonyl (C=O) groups is 1. The molecule has 1 aromatic carbocycles. The molecule has 0 fully saturated rings. The van der Waals surface area contributed by atoms with Crippen LogP contribution in [0.15, 0.2) is 35.0 Å². The van der Waals surface area contributed by atoms with Crippen LogP contribution in [0, 0.1) is 6.92 Å². The number of benzene rings is 1. The van der Waals surface area contributed by atoms with Crippen molar-refractivity contribution in [3.05, 3.63) is 62.9 Å². The molecule has 5 nitrogen and oxygen atoms in total. The van der Waals surface area contributed by atoms with Gasteiger partial charge in [-0.3, -0.25) is 10.1 Å². The molecule has 1 amide bonds. The maximum Gasteiger partial charge on any atom is 0.262 e. The van der Waals surface area contributed by atoms with Gasteiger partial charge in [-0.25, -0.2) is 4.98 Å². The Bertz CT molecular complexity index is 855. The van der Waals surface area contributed by atoms with Crippen molar-refractivity contribution in [1.29, 1.82) is 0 Å². The van der Waals surface area contributed by atoms with Crippen molar-refractivity contribution in [1.82, 2.24) is 10.1 Å². The number of amides is 1. The second-order valence-electron chi connectivity index (χ2n) is 5.30. The average molecular weight is 362 g/mol. The fourth-order valence-corrected chi connectivity index (χ4v) is 3.33. The Morgan fingerprint density at radius 1 is 1.33 bits per heavy atom. The lowest BCUT2D eigenvalue weighted by Crippen LogP contribution is -2.14. The van der Waals surface area contributed by atoms with E-state index in [9.17, 15) is 4.79 Å². The zero-order valence-electron chi connectivity index (χ0n) is 13.3. The first-order chi connectivity index (χ1) is 11.6. The molecule has 0 saturated carbocycles. The highest BCUT2D eigenvalue weighted by Crippen LogP contribution is 2.23. The molecule has 3 rings (SSSR count). The van der Waals surface area contributed by atoms with Gasteiger partial charge < -0.3 is 4.52 Å². The van der Waals surface area contributed by atoms with Gasteiger partial charge in [-0.1, -0.05) is 35.8 Å². The number of thiazole rings is 1. The minimum Gasteiger partial charge on any atom is -0.361 e. The van der Waals surface area contributed by atoms with Crippen molar-refractivity contribution >= 4 is 34.0 Å². The van der Waals surface area contributed by atoms with Crippen LogP contribution in [0.5, 0.6) is 0 Å². The van der Waals surface area contributed by atoms with E-state index in [0.29, 0.717) is 33.6 Å². The predicted molar refractivity (Wildman–Crippen MR) is 94.9 cm³/mol. The zero-order valence-corrected chi connectivity index (χ0v) is 14.9. The number of aromatic nitrogens is 2. The van der Waals surface area contributed by atoms with Gasteiger partial charge in [0.25, 0.3) is 5.91 Å². The Morgan fingerprint density at radius 3 is 2.79 bits per heavy atom. The van der Waals surface area contributed by atoms with Gasteiger partial charge in [0.1, 0.15) is 11.3 Å². The Labute approximate surface area is 148 Å². The summed E-state index contributed by atoms with van der Waals surface area (Å²) >= 11 is 7.34. The molecule has 0 aliphatic carbocycles. The molecule has 0 bridgehead atoms. The molecule has 7 heteroatoms. The number of halogens is 1. The molecule has 124 valence electrons. The van der Waals surface area contributed by atoms with Crippen molar-refractivity contribution < 1.29 is 9.32 Å². The van der Waals surface area contributed by atoms with Crippen LogP contribution in [0.4, 0.5) is 5.13 Å². The lowest BCUT2D eigenvalue weighted by atomic mass is 10.1. The molecule has 0 spiro atoms. The van der Waals surface area contributed by atoms with Crippen LogP contribution in [0.1, 0.15) is 39.2 Å². The number of aryl methyl sites for hydroxylation is 2. The molecular weight excluding hydrogens is 346 g/mol. The summed E-state index contributed by atoms with van der Waals surface area (Å²) in [6.45, 7) is 3.66. The van der Waals surface area contributed by atoms with Gasteiger partial charge in [0.2, 0.25) is 0 Å². The van der Waals surface area contributed by atoms with E-state index in [2.05, 4.69) is 15.5 Å². The van der Waals surface area contributed by atoms with Crippen molar-refractivity contribution in [2.45, 2.75) is 26.7 Å². The van der Waals surface area contributed by atoms with Crippen LogP contribution in [-0.4, -0.2) is 16.0 Å². The van der Waals surface area contributed by atoms with Crippen LogP contribution >= 0.6 is 22.9 Å². The lowest BCUT2D eigenvalue weighted by molar-refractivity contribution is 0.102. The maximum atomic E-state index is 12.4. The quantitative estimate of drug-likeness (QED) is 0.726. The summed E-state index contributed by atoms with van der Waals surface area (Å²) in [5.74, 6) is 0.278. The molecule has 24 heavy (non-hydrogen) atoms. The van der Waals surface area contributed by atoms with E-state index in [1.165, 1.54) is 11.3 Å². The van der Waals surface area contributed by atoms with Crippen LogP contribution < -0.4 is 5.32 Å². The molecule has 0 unspecified atom stereocenters. The molecule has 0 radical (unpaired) electrons. The molecule has 2 aromatic heterocycles. The summed E-state index contributed by atoms with van der Waals surface area (Å²) in [5.41, 5.74) is 2.29. The molecule has 3 aromatic rings.